The van der Waals surface area contributed by atoms with Crippen molar-refractivity contribution in [3.05, 3.63) is 59.4 Å². The molecule has 2 heterocycles. The Morgan fingerprint density at radius 1 is 1.25 bits per heavy atom. The molecule has 28 heavy (non-hydrogen) atoms. The number of hydrogen-bond donors (Lipinski definition) is 0. The van der Waals surface area contributed by atoms with Gasteiger partial charge in [-0.1, -0.05) is 12.1 Å². The molecule has 1 fully saturated rings. The number of carbonyl (C=O) groups is 1. The summed E-state index contributed by atoms with van der Waals surface area (Å²) in [4.78, 5) is 14.8. The van der Waals surface area contributed by atoms with Crippen molar-refractivity contribution in [2.24, 2.45) is 5.92 Å². The standard InChI is InChI=1S/C23H26FNO3/c1-16-11-19-12-17(4-9-22(19)28-16)13-23(26)25-10-2-3-18(14-25)15-27-21-7-5-20(24)6-8-21/h4-9,12,16,18H,2-3,10-11,13-15H2,1H3/t16-,18-/m1/s1. The Balaban J connectivity index is 1.31. The zero-order valence-corrected chi connectivity index (χ0v) is 16.2. The van der Waals surface area contributed by atoms with E-state index in [1.807, 2.05) is 17.0 Å². The summed E-state index contributed by atoms with van der Waals surface area (Å²) in [5.41, 5.74) is 2.24. The molecule has 1 saturated heterocycles. The third kappa shape index (κ3) is 4.46. The van der Waals surface area contributed by atoms with Crippen molar-refractivity contribution in [2.75, 3.05) is 19.7 Å². The van der Waals surface area contributed by atoms with Gasteiger partial charge in [0.2, 0.25) is 5.91 Å². The van der Waals surface area contributed by atoms with Gasteiger partial charge < -0.3 is 14.4 Å². The minimum absolute atomic E-state index is 0.165. The van der Waals surface area contributed by atoms with Gasteiger partial charge in [0.15, 0.2) is 0 Å². The quantitative estimate of drug-likeness (QED) is 0.783. The number of amides is 1. The Morgan fingerprint density at radius 2 is 2.07 bits per heavy atom. The van der Waals surface area contributed by atoms with Gasteiger partial charge >= 0.3 is 0 Å². The summed E-state index contributed by atoms with van der Waals surface area (Å²) in [6.07, 6.45) is 3.57. The average molecular weight is 383 g/mol. The molecule has 5 heteroatoms. The number of hydrogen-bond acceptors (Lipinski definition) is 3. The fourth-order valence-corrected chi connectivity index (χ4v) is 4.04. The summed E-state index contributed by atoms with van der Waals surface area (Å²) in [7, 11) is 0. The van der Waals surface area contributed by atoms with Crippen LogP contribution in [0.5, 0.6) is 11.5 Å². The van der Waals surface area contributed by atoms with Crippen LogP contribution < -0.4 is 9.47 Å². The van der Waals surface area contributed by atoms with Crippen LogP contribution in [-0.2, 0) is 17.6 Å². The van der Waals surface area contributed by atoms with Gasteiger partial charge in [-0.25, -0.2) is 4.39 Å². The maximum Gasteiger partial charge on any atom is 0.227 e. The van der Waals surface area contributed by atoms with Crippen LogP contribution in [0, 0.1) is 11.7 Å². The fraction of sp³-hybridized carbons (Fsp3) is 0.435. The largest absolute Gasteiger partial charge is 0.493 e. The zero-order valence-electron chi connectivity index (χ0n) is 16.2. The zero-order chi connectivity index (χ0) is 19.5. The van der Waals surface area contributed by atoms with E-state index in [-0.39, 0.29) is 17.8 Å². The van der Waals surface area contributed by atoms with Gasteiger partial charge in [-0.3, -0.25) is 4.79 Å². The topological polar surface area (TPSA) is 38.8 Å². The second kappa shape index (κ2) is 8.21. The maximum atomic E-state index is 13.0. The molecular weight excluding hydrogens is 357 g/mol. The summed E-state index contributed by atoms with van der Waals surface area (Å²) in [5.74, 6) is 1.81. The lowest BCUT2D eigenvalue weighted by Gasteiger charge is -2.32. The molecule has 0 aromatic heterocycles. The Hall–Kier alpha value is -2.56. The van der Waals surface area contributed by atoms with Crippen LogP contribution in [0.3, 0.4) is 0 Å². The molecule has 4 rings (SSSR count). The van der Waals surface area contributed by atoms with Crippen molar-refractivity contribution >= 4 is 5.91 Å². The lowest BCUT2D eigenvalue weighted by atomic mass is 9.98. The van der Waals surface area contributed by atoms with Gasteiger partial charge in [-0.15, -0.1) is 0 Å². The van der Waals surface area contributed by atoms with E-state index in [1.54, 1.807) is 12.1 Å². The van der Waals surface area contributed by atoms with E-state index in [4.69, 9.17) is 9.47 Å². The van der Waals surface area contributed by atoms with Crippen molar-refractivity contribution in [3.8, 4) is 11.5 Å². The van der Waals surface area contributed by atoms with Gasteiger partial charge in [0, 0.05) is 25.4 Å². The lowest BCUT2D eigenvalue weighted by molar-refractivity contribution is -0.132. The predicted molar refractivity (Wildman–Crippen MR) is 105 cm³/mol. The molecule has 0 radical (unpaired) electrons. The minimum Gasteiger partial charge on any atom is -0.493 e. The highest BCUT2D eigenvalue weighted by Gasteiger charge is 2.25. The number of benzene rings is 2. The normalized spacial score (nSPS) is 21.1. The van der Waals surface area contributed by atoms with Crippen molar-refractivity contribution in [1.82, 2.24) is 4.90 Å². The highest BCUT2D eigenvalue weighted by molar-refractivity contribution is 5.79. The van der Waals surface area contributed by atoms with E-state index >= 15 is 0 Å². The summed E-state index contributed by atoms with van der Waals surface area (Å²) in [6, 6.07) is 12.2. The van der Waals surface area contributed by atoms with Crippen LogP contribution in [-0.4, -0.2) is 36.6 Å². The number of ether oxygens (including phenoxy) is 2. The van der Waals surface area contributed by atoms with E-state index in [2.05, 4.69) is 13.0 Å². The molecule has 2 atom stereocenters. The van der Waals surface area contributed by atoms with E-state index in [1.165, 1.54) is 17.7 Å². The smallest absolute Gasteiger partial charge is 0.227 e. The molecule has 0 unspecified atom stereocenters. The second-order valence-electron chi connectivity index (χ2n) is 7.86. The number of nitrogens with zero attached hydrogens (tertiary/aromatic N) is 1. The van der Waals surface area contributed by atoms with Crippen LogP contribution in [0.2, 0.25) is 0 Å². The first-order valence-electron chi connectivity index (χ1n) is 10.0. The van der Waals surface area contributed by atoms with Crippen molar-refractivity contribution in [1.29, 1.82) is 0 Å². The SMILES string of the molecule is C[C@@H]1Cc2cc(CC(=O)N3CCC[C@@H](COc4ccc(F)cc4)C3)ccc2O1. The highest BCUT2D eigenvalue weighted by atomic mass is 19.1. The Kier molecular flexibility index (Phi) is 5.51. The second-order valence-corrected chi connectivity index (χ2v) is 7.86. The Bertz CT molecular complexity index is 836. The van der Waals surface area contributed by atoms with Crippen LogP contribution >= 0.6 is 0 Å². The number of rotatable bonds is 5. The first kappa shape index (κ1) is 18.8. The molecule has 2 aromatic rings. The molecule has 0 spiro atoms. The number of carbonyl (C=O) groups excluding carboxylic acids is 1. The molecule has 0 saturated carbocycles. The molecule has 0 aliphatic carbocycles. The summed E-state index contributed by atoms with van der Waals surface area (Å²) in [6.45, 7) is 4.12. The van der Waals surface area contributed by atoms with Gasteiger partial charge in [0.1, 0.15) is 23.4 Å². The first-order chi connectivity index (χ1) is 13.6. The van der Waals surface area contributed by atoms with Crippen molar-refractivity contribution in [2.45, 2.75) is 38.7 Å². The Labute approximate surface area is 165 Å². The van der Waals surface area contributed by atoms with Crippen molar-refractivity contribution < 1.29 is 18.7 Å². The molecule has 4 nitrogen and oxygen atoms in total. The molecule has 2 aromatic carbocycles. The van der Waals surface area contributed by atoms with E-state index in [0.717, 1.165) is 37.1 Å². The van der Waals surface area contributed by atoms with E-state index < -0.39 is 0 Å². The predicted octanol–water partition coefficient (Wildman–Crippen LogP) is 4.01. The molecular formula is C23H26FNO3. The minimum atomic E-state index is -0.269. The first-order valence-corrected chi connectivity index (χ1v) is 10.0. The fourth-order valence-electron chi connectivity index (χ4n) is 4.04. The summed E-state index contributed by atoms with van der Waals surface area (Å²) < 4.78 is 24.5. The van der Waals surface area contributed by atoms with E-state index in [9.17, 15) is 9.18 Å². The van der Waals surface area contributed by atoms with Crippen LogP contribution in [0.1, 0.15) is 30.9 Å². The third-order valence-electron chi connectivity index (χ3n) is 5.49. The molecule has 2 aliphatic rings. The average Bonchev–Trinajstić information content (AvgIpc) is 3.07. The third-order valence-corrected chi connectivity index (χ3v) is 5.49. The monoisotopic (exact) mass is 383 g/mol. The molecule has 0 N–H and O–H groups in total. The summed E-state index contributed by atoms with van der Waals surface area (Å²) >= 11 is 0. The van der Waals surface area contributed by atoms with Gasteiger partial charge in [-0.2, -0.15) is 0 Å². The van der Waals surface area contributed by atoms with Gasteiger partial charge in [-0.05, 0) is 61.2 Å². The lowest BCUT2D eigenvalue weighted by Crippen LogP contribution is -2.42. The molecule has 0 bridgehead atoms. The summed E-state index contributed by atoms with van der Waals surface area (Å²) in [5, 5.41) is 0. The van der Waals surface area contributed by atoms with Gasteiger partial charge in [0.05, 0.1) is 13.0 Å². The van der Waals surface area contributed by atoms with E-state index in [0.29, 0.717) is 31.2 Å². The molecule has 2 aliphatic heterocycles. The maximum absolute atomic E-state index is 13.0. The van der Waals surface area contributed by atoms with Crippen LogP contribution in [0.25, 0.3) is 0 Å². The number of halogens is 1. The van der Waals surface area contributed by atoms with Gasteiger partial charge in [0.25, 0.3) is 0 Å². The van der Waals surface area contributed by atoms with Crippen LogP contribution in [0.15, 0.2) is 42.5 Å². The Morgan fingerprint density at radius 3 is 2.89 bits per heavy atom. The van der Waals surface area contributed by atoms with Crippen molar-refractivity contribution in [3.63, 3.8) is 0 Å². The van der Waals surface area contributed by atoms with Crippen LogP contribution in [0.4, 0.5) is 4.39 Å². The number of fused-ring (bicyclic) bond motifs is 1. The highest BCUT2D eigenvalue weighted by Crippen LogP contribution is 2.29. The number of likely N-dealkylation sites (tertiary alicyclic amines) is 1. The molecule has 148 valence electrons. The number of piperidine rings is 1. The molecule has 1 amide bonds.